The van der Waals surface area contributed by atoms with Gasteiger partial charge in [0.05, 0.1) is 7.11 Å². The number of carbonyl (C=O) groups is 1. The zero-order valence-electron chi connectivity index (χ0n) is 12.5. The van der Waals surface area contributed by atoms with Crippen LogP contribution in [0.3, 0.4) is 0 Å². The quantitative estimate of drug-likeness (QED) is 0.887. The highest BCUT2D eigenvalue weighted by atomic mass is 16.5. The fraction of sp³-hybridized carbons (Fsp3) is 0.533. The summed E-state index contributed by atoms with van der Waals surface area (Å²) in [5.41, 5.74) is 8.56. The van der Waals surface area contributed by atoms with Crippen molar-refractivity contribution in [1.82, 2.24) is 0 Å². The average Bonchev–Trinajstić information content (AvgIpc) is 2.40. The molecule has 0 bridgehead atoms. The van der Waals surface area contributed by atoms with Crippen LogP contribution in [0.1, 0.15) is 24.5 Å². The third kappa shape index (κ3) is 3.26. The van der Waals surface area contributed by atoms with Crippen LogP contribution in [0.5, 0.6) is 5.75 Å². The largest absolute Gasteiger partial charge is 0.496 e. The molecule has 0 aliphatic carbocycles. The topological polar surface area (TPSA) is 55.6 Å². The summed E-state index contributed by atoms with van der Waals surface area (Å²) in [6.45, 7) is 6.45. The number of anilines is 1. The second-order valence-electron chi connectivity index (χ2n) is 4.91. The van der Waals surface area contributed by atoms with E-state index in [4.69, 9.17) is 10.5 Å². The van der Waals surface area contributed by atoms with E-state index < -0.39 is 0 Å². The summed E-state index contributed by atoms with van der Waals surface area (Å²) >= 11 is 0. The number of nitrogens with zero attached hydrogens (tertiary/aromatic N) is 1. The summed E-state index contributed by atoms with van der Waals surface area (Å²) in [5, 5.41) is 0. The molecule has 2 N–H and O–H groups in total. The average molecular weight is 264 g/mol. The molecule has 0 saturated carbocycles. The summed E-state index contributed by atoms with van der Waals surface area (Å²) in [4.78, 5) is 14.0. The Kier molecular flexibility index (Phi) is 5.36. The lowest BCUT2D eigenvalue weighted by Gasteiger charge is -2.24. The van der Waals surface area contributed by atoms with E-state index in [0.717, 1.165) is 22.6 Å². The van der Waals surface area contributed by atoms with E-state index in [9.17, 15) is 4.79 Å². The van der Waals surface area contributed by atoms with Gasteiger partial charge in [-0.3, -0.25) is 4.79 Å². The molecule has 0 radical (unpaired) electrons. The smallest absolute Gasteiger partial charge is 0.229 e. The van der Waals surface area contributed by atoms with Crippen molar-refractivity contribution in [2.24, 2.45) is 11.7 Å². The van der Waals surface area contributed by atoms with Crippen molar-refractivity contribution in [2.75, 3.05) is 25.6 Å². The van der Waals surface area contributed by atoms with Crippen molar-refractivity contribution in [3.8, 4) is 5.75 Å². The van der Waals surface area contributed by atoms with E-state index in [0.29, 0.717) is 13.0 Å². The minimum Gasteiger partial charge on any atom is -0.496 e. The molecule has 4 heteroatoms. The van der Waals surface area contributed by atoms with Gasteiger partial charge >= 0.3 is 0 Å². The first-order valence-electron chi connectivity index (χ1n) is 6.55. The highest BCUT2D eigenvalue weighted by molar-refractivity contribution is 5.95. The summed E-state index contributed by atoms with van der Waals surface area (Å²) < 4.78 is 5.29. The van der Waals surface area contributed by atoms with E-state index in [1.165, 1.54) is 0 Å². The third-order valence-corrected chi connectivity index (χ3v) is 3.64. The number of carbonyl (C=O) groups excluding carboxylic acids is 1. The fourth-order valence-corrected chi connectivity index (χ4v) is 2.19. The van der Waals surface area contributed by atoms with Gasteiger partial charge in [0, 0.05) is 18.7 Å². The Morgan fingerprint density at radius 1 is 1.37 bits per heavy atom. The maximum Gasteiger partial charge on any atom is 0.229 e. The highest BCUT2D eigenvalue weighted by Crippen LogP contribution is 2.30. The number of rotatable bonds is 5. The van der Waals surface area contributed by atoms with Crippen LogP contribution in [0.2, 0.25) is 0 Å². The van der Waals surface area contributed by atoms with Crippen molar-refractivity contribution in [1.29, 1.82) is 0 Å². The van der Waals surface area contributed by atoms with E-state index >= 15 is 0 Å². The van der Waals surface area contributed by atoms with Crippen molar-refractivity contribution in [2.45, 2.75) is 27.2 Å². The molecule has 1 aromatic rings. The molecule has 19 heavy (non-hydrogen) atoms. The fourth-order valence-electron chi connectivity index (χ4n) is 2.19. The Hall–Kier alpha value is -1.55. The van der Waals surface area contributed by atoms with Crippen LogP contribution in [-0.2, 0) is 4.79 Å². The van der Waals surface area contributed by atoms with Gasteiger partial charge in [0.25, 0.3) is 0 Å². The van der Waals surface area contributed by atoms with Crippen molar-refractivity contribution < 1.29 is 9.53 Å². The maximum atomic E-state index is 12.3. The SMILES string of the molecule is COc1ccc(N(C)C(=O)C(C)CCN)c(C)c1C. The molecule has 0 saturated heterocycles. The Morgan fingerprint density at radius 3 is 2.53 bits per heavy atom. The minimum absolute atomic E-state index is 0.0585. The van der Waals surface area contributed by atoms with Crippen LogP contribution in [0.4, 0.5) is 5.69 Å². The zero-order chi connectivity index (χ0) is 14.6. The Bertz CT molecular complexity index is 458. The van der Waals surface area contributed by atoms with Gasteiger partial charge in [0.15, 0.2) is 0 Å². The highest BCUT2D eigenvalue weighted by Gasteiger charge is 2.20. The summed E-state index contributed by atoms with van der Waals surface area (Å²) in [7, 11) is 3.46. The van der Waals surface area contributed by atoms with Crippen molar-refractivity contribution >= 4 is 11.6 Å². The number of benzene rings is 1. The van der Waals surface area contributed by atoms with Crippen LogP contribution in [-0.4, -0.2) is 26.6 Å². The molecular formula is C15H24N2O2. The molecule has 4 nitrogen and oxygen atoms in total. The van der Waals surface area contributed by atoms with Gasteiger partial charge in [0.1, 0.15) is 5.75 Å². The first kappa shape index (κ1) is 15.5. The van der Waals surface area contributed by atoms with Gasteiger partial charge in [-0.15, -0.1) is 0 Å². The molecule has 1 rings (SSSR count). The number of hydrogen-bond donors (Lipinski definition) is 1. The van der Waals surface area contributed by atoms with E-state index in [2.05, 4.69) is 0 Å². The number of nitrogens with two attached hydrogens (primary N) is 1. The molecule has 1 unspecified atom stereocenters. The van der Waals surface area contributed by atoms with Crippen LogP contribution in [0.25, 0.3) is 0 Å². The maximum absolute atomic E-state index is 12.3. The molecule has 0 fully saturated rings. The predicted molar refractivity (Wildman–Crippen MR) is 78.7 cm³/mol. The number of methoxy groups -OCH3 is 1. The van der Waals surface area contributed by atoms with Gasteiger partial charge in [-0.05, 0) is 50.1 Å². The van der Waals surface area contributed by atoms with Gasteiger partial charge in [-0.1, -0.05) is 6.92 Å². The molecule has 1 amide bonds. The molecule has 1 atom stereocenters. The van der Waals surface area contributed by atoms with Crippen LogP contribution in [0, 0.1) is 19.8 Å². The van der Waals surface area contributed by atoms with E-state index in [-0.39, 0.29) is 11.8 Å². The predicted octanol–water partition coefficient (Wildman–Crippen LogP) is 2.26. The molecule has 0 aliphatic heterocycles. The summed E-state index contributed by atoms with van der Waals surface area (Å²) in [6, 6.07) is 3.82. The second kappa shape index (κ2) is 6.57. The third-order valence-electron chi connectivity index (χ3n) is 3.64. The normalized spacial score (nSPS) is 12.1. The van der Waals surface area contributed by atoms with Crippen molar-refractivity contribution in [3.63, 3.8) is 0 Å². The standard InChI is InChI=1S/C15H24N2O2/c1-10(8-9-16)15(18)17(4)13-6-7-14(19-5)12(3)11(13)2/h6-7,10H,8-9,16H2,1-5H3. The zero-order valence-corrected chi connectivity index (χ0v) is 12.5. The van der Waals surface area contributed by atoms with Gasteiger partial charge in [-0.2, -0.15) is 0 Å². The summed E-state index contributed by atoms with van der Waals surface area (Å²) in [5.74, 6) is 0.882. The number of ether oxygens (including phenoxy) is 1. The van der Waals surface area contributed by atoms with Crippen LogP contribution >= 0.6 is 0 Å². The Labute approximate surface area is 115 Å². The van der Waals surface area contributed by atoms with Crippen LogP contribution < -0.4 is 15.4 Å². The molecule has 0 aromatic heterocycles. The monoisotopic (exact) mass is 264 g/mol. The van der Waals surface area contributed by atoms with Crippen LogP contribution in [0.15, 0.2) is 12.1 Å². The molecule has 0 heterocycles. The minimum atomic E-state index is -0.0585. The number of hydrogen-bond acceptors (Lipinski definition) is 3. The lowest BCUT2D eigenvalue weighted by Crippen LogP contribution is -2.33. The van der Waals surface area contributed by atoms with Gasteiger partial charge < -0.3 is 15.4 Å². The van der Waals surface area contributed by atoms with Gasteiger partial charge in [0.2, 0.25) is 5.91 Å². The molecule has 1 aromatic carbocycles. The van der Waals surface area contributed by atoms with E-state index in [1.807, 2.05) is 40.0 Å². The molecule has 0 spiro atoms. The second-order valence-corrected chi connectivity index (χ2v) is 4.91. The molecule has 0 aliphatic rings. The van der Waals surface area contributed by atoms with Gasteiger partial charge in [-0.25, -0.2) is 0 Å². The summed E-state index contributed by atoms with van der Waals surface area (Å²) in [6.07, 6.45) is 0.706. The van der Waals surface area contributed by atoms with Crippen molar-refractivity contribution in [3.05, 3.63) is 23.3 Å². The lowest BCUT2D eigenvalue weighted by atomic mass is 10.0. The molecular weight excluding hydrogens is 240 g/mol. The Balaban J connectivity index is 3.03. The lowest BCUT2D eigenvalue weighted by molar-refractivity contribution is -0.121. The first-order chi connectivity index (χ1) is 8.93. The Morgan fingerprint density at radius 2 is 2.00 bits per heavy atom. The molecule has 106 valence electrons. The van der Waals surface area contributed by atoms with E-state index in [1.54, 1.807) is 12.0 Å². The number of amides is 1. The first-order valence-corrected chi connectivity index (χ1v) is 6.55.